The van der Waals surface area contributed by atoms with Crippen LogP contribution in [0.5, 0.6) is 5.88 Å². The molecule has 0 amide bonds. The molecule has 0 saturated carbocycles. The summed E-state index contributed by atoms with van der Waals surface area (Å²) >= 11 is 1.63. The Bertz CT molecular complexity index is 1180. The zero-order chi connectivity index (χ0) is 20.7. The molecule has 0 spiro atoms. The first-order valence-corrected chi connectivity index (χ1v) is 12.4. The van der Waals surface area contributed by atoms with Crippen LogP contribution in [-0.4, -0.2) is 44.7 Å². The standard InChI is InChI=1S/C21H23N3O4S2/c1-14-6-8-15(9-7-14)30(25,26)28-19-18-16-4-2-3-5-17(16)29-20(18)23-21(22-19)24-10-12-27-13-11-24/h6-9H,2-5,10-13H2,1H3. The van der Waals surface area contributed by atoms with Gasteiger partial charge in [0, 0.05) is 18.0 Å². The van der Waals surface area contributed by atoms with Gasteiger partial charge in [0.2, 0.25) is 11.8 Å². The van der Waals surface area contributed by atoms with Crippen LogP contribution in [0.15, 0.2) is 29.2 Å². The smallest absolute Gasteiger partial charge is 0.340 e. The highest BCUT2D eigenvalue weighted by molar-refractivity contribution is 7.87. The molecule has 1 saturated heterocycles. The Morgan fingerprint density at radius 2 is 1.80 bits per heavy atom. The van der Waals surface area contributed by atoms with Crippen molar-refractivity contribution in [2.24, 2.45) is 0 Å². The normalized spacial score (nSPS) is 17.2. The predicted molar refractivity (Wildman–Crippen MR) is 116 cm³/mol. The van der Waals surface area contributed by atoms with Gasteiger partial charge in [0.25, 0.3) is 0 Å². The van der Waals surface area contributed by atoms with Crippen LogP contribution in [0, 0.1) is 6.92 Å². The number of fused-ring (bicyclic) bond motifs is 3. The molecule has 0 bridgehead atoms. The number of rotatable bonds is 4. The van der Waals surface area contributed by atoms with Crippen LogP contribution in [-0.2, 0) is 27.7 Å². The fraction of sp³-hybridized carbons (Fsp3) is 0.429. The van der Waals surface area contributed by atoms with Crippen LogP contribution in [0.3, 0.4) is 0 Å². The Morgan fingerprint density at radius 1 is 1.07 bits per heavy atom. The zero-order valence-corrected chi connectivity index (χ0v) is 18.4. The van der Waals surface area contributed by atoms with E-state index in [0.717, 1.165) is 47.0 Å². The summed E-state index contributed by atoms with van der Waals surface area (Å²) in [6.45, 7) is 4.44. The number of nitrogens with zero attached hydrogens (tertiary/aromatic N) is 3. The minimum atomic E-state index is -4.00. The number of ether oxygens (including phenoxy) is 1. The number of morpholine rings is 1. The van der Waals surface area contributed by atoms with Crippen molar-refractivity contribution < 1.29 is 17.3 Å². The maximum atomic E-state index is 13.0. The van der Waals surface area contributed by atoms with Crippen molar-refractivity contribution in [3.63, 3.8) is 0 Å². The number of aromatic nitrogens is 2. The molecule has 0 N–H and O–H groups in total. The summed E-state index contributed by atoms with van der Waals surface area (Å²) in [7, 11) is -4.00. The van der Waals surface area contributed by atoms with E-state index in [2.05, 4.69) is 4.98 Å². The van der Waals surface area contributed by atoms with Crippen molar-refractivity contribution in [3.05, 3.63) is 40.3 Å². The van der Waals surface area contributed by atoms with Crippen molar-refractivity contribution >= 4 is 37.6 Å². The number of thiophene rings is 1. The van der Waals surface area contributed by atoms with E-state index in [1.54, 1.807) is 35.6 Å². The largest absolute Gasteiger partial charge is 0.378 e. The Balaban J connectivity index is 1.62. The SMILES string of the molecule is Cc1ccc(S(=O)(=O)Oc2nc(N3CCOCC3)nc3sc4c(c23)CCCC4)cc1. The first kappa shape index (κ1) is 19.7. The van der Waals surface area contributed by atoms with Crippen molar-refractivity contribution in [2.75, 3.05) is 31.2 Å². The van der Waals surface area contributed by atoms with E-state index in [1.165, 1.54) is 4.88 Å². The first-order valence-electron chi connectivity index (χ1n) is 10.2. The molecular weight excluding hydrogens is 422 g/mol. The fourth-order valence-electron chi connectivity index (χ4n) is 3.94. The number of aryl methyl sites for hydroxylation is 3. The third-order valence-electron chi connectivity index (χ3n) is 5.56. The molecule has 1 aliphatic heterocycles. The fourth-order valence-corrected chi connectivity index (χ4v) is 6.08. The highest BCUT2D eigenvalue weighted by atomic mass is 32.2. The molecule has 5 rings (SSSR count). The molecular formula is C21H23N3O4S2. The molecule has 3 aromatic rings. The summed E-state index contributed by atoms with van der Waals surface area (Å²) in [6, 6.07) is 6.65. The van der Waals surface area contributed by atoms with Crippen molar-refractivity contribution in [1.82, 2.24) is 9.97 Å². The predicted octanol–water partition coefficient (Wildman–Crippen LogP) is 3.48. The minimum Gasteiger partial charge on any atom is -0.378 e. The van der Waals surface area contributed by atoms with Gasteiger partial charge in [0.1, 0.15) is 9.73 Å². The number of hydrogen-bond acceptors (Lipinski definition) is 8. The van der Waals surface area contributed by atoms with Crippen LogP contribution in [0.1, 0.15) is 28.8 Å². The lowest BCUT2D eigenvalue weighted by molar-refractivity contribution is 0.122. The minimum absolute atomic E-state index is 0.122. The molecule has 0 radical (unpaired) electrons. The van der Waals surface area contributed by atoms with Gasteiger partial charge in [-0.05, 0) is 50.3 Å². The van der Waals surface area contributed by atoms with Gasteiger partial charge in [-0.3, -0.25) is 0 Å². The lowest BCUT2D eigenvalue weighted by Gasteiger charge is -2.27. The molecule has 30 heavy (non-hydrogen) atoms. The van der Waals surface area contributed by atoms with E-state index >= 15 is 0 Å². The second-order valence-corrected chi connectivity index (χ2v) is 10.3. The van der Waals surface area contributed by atoms with Crippen molar-refractivity contribution in [1.29, 1.82) is 0 Å². The van der Waals surface area contributed by atoms with Crippen LogP contribution in [0.2, 0.25) is 0 Å². The quantitative estimate of drug-likeness (QED) is 0.569. The maximum absolute atomic E-state index is 13.0. The second-order valence-electron chi connectivity index (χ2n) is 7.67. The molecule has 7 nitrogen and oxygen atoms in total. The maximum Gasteiger partial charge on any atom is 0.340 e. The molecule has 2 aliphatic rings. The van der Waals surface area contributed by atoms with Crippen LogP contribution in [0.4, 0.5) is 5.95 Å². The van der Waals surface area contributed by atoms with E-state index in [0.29, 0.717) is 32.3 Å². The Hall–Kier alpha value is -2.23. The molecule has 0 atom stereocenters. The van der Waals surface area contributed by atoms with E-state index < -0.39 is 10.1 Å². The lowest BCUT2D eigenvalue weighted by atomic mass is 9.97. The van der Waals surface area contributed by atoms with Gasteiger partial charge in [-0.1, -0.05) is 17.7 Å². The Labute approximate surface area is 179 Å². The monoisotopic (exact) mass is 445 g/mol. The van der Waals surface area contributed by atoms with E-state index in [4.69, 9.17) is 13.9 Å². The first-order chi connectivity index (χ1) is 14.5. The lowest BCUT2D eigenvalue weighted by Crippen LogP contribution is -2.37. The van der Waals surface area contributed by atoms with Gasteiger partial charge in [-0.2, -0.15) is 13.4 Å². The molecule has 0 unspecified atom stereocenters. The van der Waals surface area contributed by atoms with Gasteiger partial charge < -0.3 is 13.8 Å². The van der Waals surface area contributed by atoms with E-state index in [9.17, 15) is 8.42 Å². The summed E-state index contributed by atoms with van der Waals surface area (Å²) in [4.78, 5) is 13.6. The van der Waals surface area contributed by atoms with Crippen LogP contribution in [0.25, 0.3) is 10.2 Å². The summed E-state index contributed by atoms with van der Waals surface area (Å²) < 4.78 is 37.1. The van der Waals surface area contributed by atoms with Crippen molar-refractivity contribution in [3.8, 4) is 5.88 Å². The molecule has 1 fully saturated rings. The van der Waals surface area contributed by atoms with Crippen molar-refractivity contribution in [2.45, 2.75) is 37.5 Å². The summed E-state index contributed by atoms with van der Waals surface area (Å²) in [6.07, 6.45) is 4.11. The van der Waals surface area contributed by atoms with Gasteiger partial charge >= 0.3 is 10.1 Å². The number of hydrogen-bond donors (Lipinski definition) is 0. The zero-order valence-electron chi connectivity index (χ0n) is 16.8. The summed E-state index contributed by atoms with van der Waals surface area (Å²) in [5, 5.41) is 0.752. The van der Waals surface area contributed by atoms with Gasteiger partial charge in [0.05, 0.1) is 18.6 Å². The average Bonchev–Trinajstić information content (AvgIpc) is 3.13. The topological polar surface area (TPSA) is 81.6 Å². The van der Waals surface area contributed by atoms with E-state index in [1.807, 2.05) is 11.8 Å². The molecule has 9 heteroatoms. The highest BCUT2D eigenvalue weighted by Crippen LogP contribution is 2.41. The number of benzene rings is 1. The Morgan fingerprint density at radius 3 is 2.57 bits per heavy atom. The average molecular weight is 446 g/mol. The molecule has 1 aliphatic carbocycles. The van der Waals surface area contributed by atoms with Gasteiger partial charge in [-0.15, -0.1) is 11.3 Å². The summed E-state index contributed by atoms with van der Waals surface area (Å²) in [5.41, 5.74) is 2.13. The third kappa shape index (κ3) is 3.66. The second kappa shape index (κ2) is 7.79. The number of anilines is 1. The Kier molecular flexibility index (Phi) is 5.12. The van der Waals surface area contributed by atoms with Gasteiger partial charge in [0.15, 0.2) is 0 Å². The molecule has 1 aromatic carbocycles. The highest BCUT2D eigenvalue weighted by Gasteiger charge is 2.27. The molecule has 158 valence electrons. The summed E-state index contributed by atoms with van der Waals surface area (Å²) in [5.74, 6) is 0.639. The van der Waals surface area contributed by atoms with Crippen LogP contribution < -0.4 is 9.08 Å². The van der Waals surface area contributed by atoms with Gasteiger partial charge in [-0.25, -0.2) is 4.98 Å². The third-order valence-corrected chi connectivity index (χ3v) is 7.97. The molecule has 3 heterocycles. The van der Waals surface area contributed by atoms with E-state index in [-0.39, 0.29) is 10.8 Å². The van der Waals surface area contributed by atoms with Crippen LogP contribution >= 0.6 is 11.3 Å². The molecule has 2 aromatic heterocycles.